The zero-order chi connectivity index (χ0) is 24.0. The van der Waals surface area contributed by atoms with Crippen molar-refractivity contribution in [3.05, 3.63) is 69.2 Å². The molecular weight excluding hydrogens is 466 g/mol. The third-order valence-electron chi connectivity index (χ3n) is 7.06. The van der Waals surface area contributed by atoms with Gasteiger partial charge in [0.2, 0.25) is 5.91 Å². The molecule has 2 aliphatic heterocycles. The topological polar surface area (TPSA) is 67.9 Å². The smallest absolute Gasteiger partial charge is 0.337 e. The number of rotatable bonds is 5. The number of fused-ring (bicyclic) bond motifs is 2. The van der Waals surface area contributed by atoms with Crippen molar-refractivity contribution in [3.63, 3.8) is 0 Å². The van der Waals surface area contributed by atoms with Gasteiger partial charge in [-0.2, -0.15) is 0 Å². The van der Waals surface area contributed by atoms with Gasteiger partial charge in [0.05, 0.1) is 25.2 Å². The molecule has 1 saturated carbocycles. The molecule has 2 fully saturated rings. The summed E-state index contributed by atoms with van der Waals surface area (Å²) >= 11 is 6.45. The van der Waals surface area contributed by atoms with Crippen LogP contribution in [0.15, 0.2) is 30.3 Å². The van der Waals surface area contributed by atoms with E-state index in [1.165, 1.54) is 25.3 Å². The number of nitrogens with zero attached hydrogens (tertiary/aromatic N) is 1. The van der Waals surface area contributed by atoms with E-state index >= 15 is 0 Å². The molecule has 1 saturated heterocycles. The van der Waals surface area contributed by atoms with E-state index in [1.807, 2.05) is 0 Å². The van der Waals surface area contributed by atoms with Crippen LogP contribution in [0.5, 0.6) is 0 Å². The van der Waals surface area contributed by atoms with Crippen LogP contribution in [0.3, 0.4) is 0 Å². The summed E-state index contributed by atoms with van der Waals surface area (Å²) in [7, 11) is 1.30. The monoisotopic (exact) mass is 490 g/mol. The molecule has 2 unspecified atom stereocenters. The Labute approximate surface area is 201 Å². The van der Waals surface area contributed by atoms with Crippen molar-refractivity contribution in [1.29, 1.82) is 0 Å². The number of nitrogens with one attached hydrogen (secondary N) is 1. The molecule has 0 bridgehead atoms. The maximum absolute atomic E-state index is 14.2. The Morgan fingerprint density at radius 3 is 2.71 bits per heavy atom. The number of methoxy groups -OCH3 is 1. The molecule has 6 nitrogen and oxygen atoms in total. The van der Waals surface area contributed by atoms with Crippen molar-refractivity contribution in [2.45, 2.75) is 44.1 Å². The first-order valence-electron chi connectivity index (χ1n) is 11.3. The molecule has 2 aromatic rings. The van der Waals surface area contributed by atoms with Gasteiger partial charge in [-0.1, -0.05) is 17.7 Å². The summed E-state index contributed by atoms with van der Waals surface area (Å²) in [5, 5.41) is 3.64. The van der Waals surface area contributed by atoms with E-state index in [-0.39, 0.29) is 25.1 Å². The summed E-state index contributed by atoms with van der Waals surface area (Å²) in [5.41, 5.74) is 1.19. The Hall–Kier alpha value is -2.55. The van der Waals surface area contributed by atoms with Gasteiger partial charge in [0, 0.05) is 24.2 Å². The minimum absolute atomic E-state index is 0.0775. The second-order valence-electron chi connectivity index (χ2n) is 9.10. The van der Waals surface area contributed by atoms with Crippen molar-refractivity contribution in [3.8, 4) is 0 Å². The first kappa shape index (κ1) is 23.2. The fourth-order valence-corrected chi connectivity index (χ4v) is 5.34. The normalized spacial score (nSPS) is 23.6. The van der Waals surface area contributed by atoms with Gasteiger partial charge < -0.3 is 19.7 Å². The lowest BCUT2D eigenvalue weighted by Gasteiger charge is -2.43. The molecule has 2 aromatic carbocycles. The lowest BCUT2D eigenvalue weighted by molar-refractivity contribution is -0.157. The van der Waals surface area contributed by atoms with Crippen LogP contribution in [-0.2, 0) is 33.0 Å². The number of esters is 1. The second-order valence-corrected chi connectivity index (χ2v) is 9.51. The number of hydrogen-bond donors (Lipinski definition) is 1. The van der Waals surface area contributed by atoms with Gasteiger partial charge in [0.1, 0.15) is 5.60 Å². The summed E-state index contributed by atoms with van der Waals surface area (Å²) in [6.45, 7) is 1.39. The van der Waals surface area contributed by atoms with Crippen LogP contribution in [0.25, 0.3) is 0 Å². The number of hydrogen-bond acceptors (Lipinski definition) is 5. The lowest BCUT2D eigenvalue weighted by Crippen LogP contribution is -2.55. The number of amides is 1. The quantitative estimate of drug-likeness (QED) is 0.643. The van der Waals surface area contributed by atoms with Crippen LogP contribution in [0.2, 0.25) is 5.02 Å². The summed E-state index contributed by atoms with van der Waals surface area (Å²) in [6.07, 6.45) is 2.25. The fraction of sp³-hybridized carbons (Fsp3) is 0.440. The van der Waals surface area contributed by atoms with Gasteiger partial charge in [-0.3, -0.25) is 4.79 Å². The van der Waals surface area contributed by atoms with E-state index in [0.717, 1.165) is 12.8 Å². The van der Waals surface area contributed by atoms with E-state index < -0.39 is 29.1 Å². The van der Waals surface area contributed by atoms with Gasteiger partial charge in [0.25, 0.3) is 0 Å². The first-order chi connectivity index (χ1) is 16.3. The van der Waals surface area contributed by atoms with Gasteiger partial charge in [-0.15, -0.1) is 0 Å². The van der Waals surface area contributed by atoms with Crippen molar-refractivity contribution in [1.82, 2.24) is 10.2 Å². The molecule has 9 heteroatoms. The molecule has 1 N–H and O–H groups in total. The number of ether oxygens (including phenoxy) is 2. The van der Waals surface area contributed by atoms with E-state index in [0.29, 0.717) is 46.8 Å². The Morgan fingerprint density at radius 2 is 2.00 bits per heavy atom. The van der Waals surface area contributed by atoms with Gasteiger partial charge in [-0.05, 0) is 66.8 Å². The van der Waals surface area contributed by atoms with Crippen molar-refractivity contribution < 1.29 is 27.8 Å². The zero-order valence-corrected chi connectivity index (χ0v) is 19.5. The highest BCUT2D eigenvalue weighted by Gasteiger charge is 2.53. The summed E-state index contributed by atoms with van der Waals surface area (Å²) in [6, 6.07) is 7.33. The predicted octanol–water partition coefficient (Wildman–Crippen LogP) is 3.93. The Bertz CT molecular complexity index is 1160. The molecule has 2 atom stereocenters. The standard InChI is InChI=1S/C25H25ClF2N2O4/c1-33-24(32)14-2-3-15(20(26)8-14)12-30(17-4-5-17)23(31)19-11-29-7-6-25(19)18-10-22(28)21(27)9-16(18)13-34-25/h2-3,8-10,17,19,29H,4-7,11-13H2,1H3. The molecule has 180 valence electrons. The van der Waals surface area contributed by atoms with Crippen LogP contribution in [0, 0.1) is 17.6 Å². The average Bonchev–Trinajstić information content (AvgIpc) is 3.63. The van der Waals surface area contributed by atoms with E-state index in [1.54, 1.807) is 17.0 Å². The number of halogens is 3. The van der Waals surface area contributed by atoms with Gasteiger partial charge in [0.15, 0.2) is 11.6 Å². The van der Waals surface area contributed by atoms with Crippen molar-refractivity contribution in [2.24, 2.45) is 5.92 Å². The predicted molar refractivity (Wildman–Crippen MR) is 120 cm³/mol. The molecule has 34 heavy (non-hydrogen) atoms. The second kappa shape index (κ2) is 8.91. The summed E-state index contributed by atoms with van der Waals surface area (Å²) < 4.78 is 39.0. The van der Waals surface area contributed by atoms with E-state index in [9.17, 15) is 18.4 Å². The molecule has 0 aromatic heterocycles. The molecule has 3 aliphatic rings. The van der Waals surface area contributed by atoms with E-state index in [4.69, 9.17) is 21.1 Å². The molecule has 5 rings (SSSR count). The molecule has 2 heterocycles. The molecule has 1 amide bonds. The number of carbonyl (C=O) groups excluding carboxylic acids is 2. The number of carbonyl (C=O) groups is 2. The van der Waals surface area contributed by atoms with Crippen LogP contribution in [-0.4, -0.2) is 43.0 Å². The summed E-state index contributed by atoms with van der Waals surface area (Å²) in [5.74, 6) is -3.05. The molecule has 1 aliphatic carbocycles. The van der Waals surface area contributed by atoms with Crippen LogP contribution in [0.4, 0.5) is 8.78 Å². The molecule has 0 radical (unpaired) electrons. The molecular formula is C25H25ClF2N2O4. The number of piperidine rings is 1. The largest absolute Gasteiger partial charge is 0.465 e. The Balaban J connectivity index is 1.45. The van der Waals surface area contributed by atoms with Crippen molar-refractivity contribution >= 4 is 23.5 Å². The minimum atomic E-state index is -1.00. The first-order valence-corrected chi connectivity index (χ1v) is 11.7. The highest BCUT2D eigenvalue weighted by atomic mass is 35.5. The Kier molecular flexibility index (Phi) is 6.08. The average molecular weight is 491 g/mol. The number of benzene rings is 2. The fourth-order valence-electron chi connectivity index (χ4n) is 5.10. The van der Waals surface area contributed by atoms with Crippen LogP contribution in [0.1, 0.15) is 46.3 Å². The van der Waals surface area contributed by atoms with E-state index in [2.05, 4.69) is 5.32 Å². The lowest BCUT2D eigenvalue weighted by atomic mass is 9.75. The van der Waals surface area contributed by atoms with Crippen molar-refractivity contribution in [2.75, 3.05) is 20.2 Å². The maximum Gasteiger partial charge on any atom is 0.337 e. The SMILES string of the molecule is COC(=O)c1ccc(CN(C(=O)C2CNCCC23OCc2cc(F)c(F)cc23)C2CC2)c(Cl)c1. The third kappa shape index (κ3) is 3.97. The third-order valence-corrected chi connectivity index (χ3v) is 7.41. The van der Waals surface area contributed by atoms with Gasteiger partial charge in [-0.25, -0.2) is 13.6 Å². The Morgan fingerprint density at radius 1 is 1.24 bits per heavy atom. The highest BCUT2D eigenvalue weighted by Crippen LogP contribution is 2.48. The van der Waals surface area contributed by atoms with Gasteiger partial charge >= 0.3 is 5.97 Å². The summed E-state index contributed by atoms with van der Waals surface area (Å²) in [4.78, 5) is 27.6. The van der Waals surface area contributed by atoms with Crippen LogP contribution < -0.4 is 5.32 Å². The highest BCUT2D eigenvalue weighted by molar-refractivity contribution is 6.31. The zero-order valence-electron chi connectivity index (χ0n) is 18.7. The maximum atomic E-state index is 14.2. The molecule has 1 spiro atoms. The minimum Gasteiger partial charge on any atom is -0.465 e. The van der Waals surface area contributed by atoms with Crippen LogP contribution >= 0.6 is 11.6 Å².